The van der Waals surface area contributed by atoms with Crippen LogP contribution >= 0.6 is 0 Å². The number of carbonyl (C=O) groups excluding carboxylic acids is 2. The SMILES string of the molecule is CCN[C@H]1CCCC(OC(C)=O)C1OC(C)=O. The van der Waals surface area contributed by atoms with Gasteiger partial charge in [-0.1, -0.05) is 6.92 Å². The third-order valence-corrected chi connectivity index (χ3v) is 2.85. The first kappa shape index (κ1) is 14.0. The number of ether oxygens (including phenoxy) is 2. The van der Waals surface area contributed by atoms with E-state index in [1.165, 1.54) is 13.8 Å². The summed E-state index contributed by atoms with van der Waals surface area (Å²) in [4.78, 5) is 22.1. The van der Waals surface area contributed by atoms with E-state index in [-0.39, 0.29) is 30.2 Å². The van der Waals surface area contributed by atoms with Gasteiger partial charge in [0, 0.05) is 19.9 Å². The maximum atomic E-state index is 11.1. The molecule has 0 aromatic rings. The summed E-state index contributed by atoms with van der Waals surface area (Å²) in [7, 11) is 0. The Morgan fingerprint density at radius 2 is 1.82 bits per heavy atom. The molecule has 1 saturated carbocycles. The van der Waals surface area contributed by atoms with E-state index in [4.69, 9.17) is 9.47 Å². The molecule has 1 rings (SSSR count). The van der Waals surface area contributed by atoms with E-state index in [0.29, 0.717) is 0 Å². The van der Waals surface area contributed by atoms with Gasteiger partial charge in [-0.15, -0.1) is 0 Å². The van der Waals surface area contributed by atoms with Crippen LogP contribution in [0, 0.1) is 0 Å². The third kappa shape index (κ3) is 4.34. The number of esters is 2. The van der Waals surface area contributed by atoms with Gasteiger partial charge in [-0.05, 0) is 25.8 Å². The van der Waals surface area contributed by atoms with Gasteiger partial charge in [0.2, 0.25) is 0 Å². The largest absolute Gasteiger partial charge is 0.459 e. The lowest BCUT2D eigenvalue weighted by Gasteiger charge is -2.36. The Balaban J connectivity index is 2.70. The first-order chi connectivity index (χ1) is 8.04. The van der Waals surface area contributed by atoms with E-state index in [9.17, 15) is 9.59 Å². The van der Waals surface area contributed by atoms with Crippen LogP contribution < -0.4 is 5.32 Å². The molecule has 5 nitrogen and oxygen atoms in total. The quantitative estimate of drug-likeness (QED) is 0.747. The van der Waals surface area contributed by atoms with Crippen LogP contribution in [0.3, 0.4) is 0 Å². The van der Waals surface area contributed by atoms with Crippen molar-refractivity contribution in [2.24, 2.45) is 0 Å². The predicted molar refractivity (Wildman–Crippen MR) is 62.4 cm³/mol. The summed E-state index contributed by atoms with van der Waals surface area (Å²) < 4.78 is 10.5. The van der Waals surface area contributed by atoms with Crippen LogP contribution in [0.5, 0.6) is 0 Å². The molecule has 3 atom stereocenters. The lowest BCUT2D eigenvalue weighted by Crippen LogP contribution is -2.52. The second-order valence-corrected chi connectivity index (χ2v) is 4.32. The summed E-state index contributed by atoms with van der Waals surface area (Å²) in [6.45, 7) is 5.56. The molecule has 0 radical (unpaired) electrons. The number of hydrogen-bond acceptors (Lipinski definition) is 5. The van der Waals surface area contributed by atoms with Crippen LogP contribution in [0.25, 0.3) is 0 Å². The summed E-state index contributed by atoms with van der Waals surface area (Å²) in [5.41, 5.74) is 0. The second-order valence-electron chi connectivity index (χ2n) is 4.32. The van der Waals surface area contributed by atoms with Crippen molar-refractivity contribution >= 4 is 11.9 Å². The molecule has 1 aliphatic rings. The standard InChI is InChI=1S/C12H21NO4/c1-4-13-10-6-5-7-11(16-8(2)14)12(10)17-9(3)15/h10-13H,4-7H2,1-3H3/t10-,11?,12?/m0/s1. The molecular weight excluding hydrogens is 222 g/mol. The van der Waals surface area contributed by atoms with Crippen LogP contribution in [-0.2, 0) is 19.1 Å². The Bertz CT molecular complexity index is 278. The summed E-state index contributed by atoms with van der Waals surface area (Å²) in [6, 6.07) is 0.0713. The molecule has 0 aromatic carbocycles. The zero-order chi connectivity index (χ0) is 12.8. The number of likely N-dealkylation sites (N-methyl/N-ethyl adjacent to an activating group) is 1. The van der Waals surface area contributed by atoms with Crippen molar-refractivity contribution in [3.63, 3.8) is 0 Å². The molecule has 0 bridgehead atoms. The van der Waals surface area contributed by atoms with E-state index in [1.807, 2.05) is 6.92 Å². The van der Waals surface area contributed by atoms with Gasteiger partial charge < -0.3 is 14.8 Å². The lowest BCUT2D eigenvalue weighted by molar-refractivity contribution is -0.171. The van der Waals surface area contributed by atoms with Crippen molar-refractivity contribution < 1.29 is 19.1 Å². The van der Waals surface area contributed by atoms with Crippen molar-refractivity contribution in [3.8, 4) is 0 Å². The fourth-order valence-electron chi connectivity index (χ4n) is 2.30. The molecule has 2 unspecified atom stereocenters. The van der Waals surface area contributed by atoms with Crippen molar-refractivity contribution in [2.75, 3.05) is 6.54 Å². The van der Waals surface area contributed by atoms with Crippen molar-refractivity contribution in [1.82, 2.24) is 5.32 Å². The number of carbonyl (C=O) groups is 2. The Hall–Kier alpha value is -1.10. The van der Waals surface area contributed by atoms with Gasteiger partial charge in [0.15, 0.2) is 6.10 Å². The van der Waals surface area contributed by atoms with Gasteiger partial charge in [-0.2, -0.15) is 0 Å². The third-order valence-electron chi connectivity index (χ3n) is 2.85. The Morgan fingerprint density at radius 1 is 1.18 bits per heavy atom. The van der Waals surface area contributed by atoms with Crippen LogP contribution in [0.1, 0.15) is 40.0 Å². The number of hydrogen-bond donors (Lipinski definition) is 1. The Morgan fingerprint density at radius 3 is 2.35 bits per heavy atom. The molecule has 98 valence electrons. The molecule has 0 saturated heterocycles. The molecule has 0 amide bonds. The molecule has 1 fully saturated rings. The van der Waals surface area contributed by atoms with E-state index >= 15 is 0 Å². The smallest absolute Gasteiger partial charge is 0.303 e. The van der Waals surface area contributed by atoms with Gasteiger partial charge in [-0.25, -0.2) is 0 Å². The summed E-state index contributed by atoms with van der Waals surface area (Å²) in [6.07, 6.45) is 1.95. The first-order valence-corrected chi connectivity index (χ1v) is 6.12. The molecule has 0 heterocycles. The van der Waals surface area contributed by atoms with Crippen LogP contribution in [-0.4, -0.2) is 36.7 Å². The highest BCUT2D eigenvalue weighted by atomic mass is 16.6. The van der Waals surface area contributed by atoms with Gasteiger partial charge in [-0.3, -0.25) is 9.59 Å². The first-order valence-electron chi connectivity index (χ1n) is 6.12. The summed E-state index contributed by atoms with van der Waals surface area (Å²) in [5, 5.41) is 3.27. The fourth-order valence-corrected chi connectivity index (χ4v) is 2.30. The van der Waals surface area contributed by atoms with Gasteiger partial charge in [0.25, 0.3) is 0 Å². The molecular formula is C12H21NO4. The zero-order valence-corrected chi connectivity index (χ0v) is 10.7. The zero-order valence-electron chi connectivity index (χ0n) is 10.7. The highest BCUT2D eigenvalue weighted by Gasteiger charge is 2.37. The normalized spacial score (nSPS) is 28.5. The number of nitrogens with one attached hydrogen (secondary N) is 1. The minimum atomic E-state index is -0.370. The monoisotopic (exact) mass is 243 g/mol. The van der Waals surface area contributed by atoms with Gasteiger partial charge in [0.1, 0.15) is 6.10 Å². The summed E-state index contributed by atoms with van der Waals surface area (Å²) in [5.74, 6) is -0.666. The Labute approximate surface area is 102 Å². The summed E-state index contributed by atoms with van der Waals surface area (Å²) >= 11 is 0. The maximum absolute atomic E-state index is 11.1. The minimum Gasteiger partial charge on any atom is -0.459 e. The van der Waals surface area contributed by atoms with Crippen LogP contribution in [0.2, 0.25) is 0 Å². The topological polar surface area (TPSA) is 64.6 Å². The highest BCUT2D eigenvalue weighted by Crippen LogP contribution is 2.24. The number of rotatable bonds is 4. The highest BCUT2D eigenvalue weighted by molar-refractivity contribution is 5.67. The average Bonchev–Trinajstić information content (AvgIpc) is 2.21. The molecule has 5 heteroatoms. The average molecular weight is 243 g/mol. The molecule has 17 heavy (non-hydrogen) atoms. The van der Waals surface area contributed by atoms with Crippen molar-refractivity contribution in [2.45, 2.75) is 58.3 Å². The van der Waals surface area contributed by atoms with Gasteiger partial charge >= 0.3 is 11.9 Å². The minimum absolute atomic E-state index is 0.0713. The second kappa shape index (κ2) is 6.59. The van der Waals surface area contributed by atoms with Crippen molar-refractivity contribution in [1.29, 1.82) is 0 Å². The maximum Gasteiger partial charge on any atom is 0.303 e. The molecule has 0 aliphatic heterocycles. The lowest BCUT2D eigenvalue weighted by atomic mass is 9.89. The molecule has 0 spiro atoms. The van der Waals surface area contributed by atoms with Crippen molar-refractivity contribution in [3.05, 3.63) is 0 Å². The van der Waals surface area contributed by atoms with Gasteiger partial charge in [0.05, 0.1) is 0 Å². The van der Waals surface area contributed by atoms with Crippen LogP contribution in [0.4, 0.5) is 0 Å². The fraction of sp³-hybridized carbons (Fsp3) is 0.833. The molecule has 0 aromatic heterocycles. The van der Waals surface area contributed by atoms with E-state index in [1.54, 1.807) is 0 Å². The van der Waals surface area contributed by atoms with E-state index in [2.05, 4.69) is 5.32 Å². The van der Waals surface area contributed by atoms with E-state index < -0.39 is 0 Å². The molecule has 1 aliphatic carbocycles. The molecule has 1 N–H and O–H groups in total. The van der Waals surface area contributed by atoms with E-state index in [0.717, 1.165) is 25.8 Å². The predicted octanol–water partition coefficient (Wildman–Crippen LogP) is 1.01. The Kier molecular flexibility index (Phi) is 5.41. The van der Waals surface area contributed by atoms with Crippen LogP contribution in [0.15, 0.2) is 0 Å².